The van der Waals surface area contributed by atoms with Crippen LogP contribution in [0.3, 0.4) is 0 Å². The van der Waals surface area contributed by atoms with E-state index in [9.17, 15) is 14.4 Å². The molecule has 0 N–H and O–H groups in total. The molecule has 6 heteroatoms. The van der Waals surface area contributed by atoms with Crippen LogP contribution < -0.4 is 0 Å². The highest BCUT2D eigenvalue weighted by molar-refractivity contribution is 5.71. The van der Waals surface area contributed by atoms with Gasteiger partial charge in [-0.25, -0.2) is 0 Å². The van der Waals surface area contributed by atoms with Crippen LogP contribution in [0, 0.1) is 0 Å². The first-order valence-electron chi connectivity index (χ1n) is 25.0. The summed E-state index contributed by atoms with van der Waals surface area (Å²) in [5, 5.41) is 0. The maximum absolute atomic E-state index is 12.7. The lowest BCUT2D eigenvalue weighted by molar-refractivity contribution is -0.167. The molecule has 0 fully saturated rings. The lowest BCUT2D eigenvalue weighted by atomic mass is 10.1. The van der Waals surface area contributed by atoms with Crippen molar-refractivity contribution in [1.29, 1.82) is 0 Å². The van der Waals surface area contributed by atoms with Crippen molar-refractivity contribution in [3.05, 3.63) is 36.5 Å². The molecule has 0 saturated carbocycles. The third kappa shape index (κ3) is 44.7. The Kier molecular flexibility index (Phi) is 45.4. The van der Waals surface area contributed by atoms with Crippen molar-refractivity contribution in [2.24, 2.45) is 0 Å². The molecule has 0 bridgehead atoms. The Morgan fingerprint density at radius 2 is 0.586 bits per heavy atom. The van der Waals surface area contributed by atoms with Gasteiger partial charge in [-0.05, 0) is 83.5 Å². The summed E-state index contributed by atoms with van der Waals surface area (Å²) >= 11 is 0. The molecule has 0 rings (SSSR count). The van der Waals surface area contributed by atoms with Gasteiger partial charge in [0.15, 0.2) is 6.10 Å². The summed E-state index contributed by atoms with van der Waals surface area (Å²) in [6.45, 7) is 6.55. The SMILES string of the molecule is CCCC/C=C\CCCCCCCC(=O)OCC(COC(=O)CCCCCCC/C=C\CCCCCCCCCCC)OC(=O)CCCCCCC/C=C\CCCC. The largest absolute Gasteiger partial charge is 0.462 e. The number of rotatable bonds is 45. The third-order valence-electron chi connectivity index (χ3n) is 10.8. The predicted octanol–water partition coefficient (Wildman–Crippen LogP) is 16.1. The molecule has 6 nitrogen and oxygen atoms in total. The maximum Gasteiger partial charge on any atom is 0.306 e. The standard InChI is InChI=1S/C52H94O6/c1-4-7-10-13-16-19-22-23-24-25-26-27-28-31-33-36-39-42-45-51(54)57-48-49(58-52(55)46-43-40-37-34-30-21-18-15-12-9-6-3)47-56-50(53)44-41-38-35-32-29-20-17-14-11-8-5-2/h14-15,17-18,26-27,49H,4-13,16,19-25,28-48H2,1-3H3/b17-14-,18-15-,27-26-. The molecule has 0 spiro atoms. The first-order chi connectivity index (χ1) is 28.5. The Morgan fingerprint density at radius 1 is 0.328 bits per heavy atom. The average Bonchev–Trinajstić information content (AvgIpc) is 3.22. The molecule has 1 atom stereocenters. The Labute approximate surface area is 359 Å². The van der Waals surface area contributed by atoms with E-state index in [4.69, 9.17) is 14.2 Å². The van der Waals surface area contributed by atoms with Gasteiger partial charge in [0, 0.05) is 19.3 Å². The van der Waals surface area contributed by atoms with Gasteiger partial charge >= 0.3 is 17.9 Å². The number of hydrogen-bond donors (Lipinski definition) is 0. The van der Waals surface area contributed by atoms with Gasteiger partial charge in [-0.1, -0.05) is 192 Å². The highest BCUT2D eigenvalue weighted by atomic mass is 16.6. The van der Waals surface area contributed by atoms with Crippen molar-refractivity contribution in [3.63, 3.8) is 0 Å². The van der Waals surface area contributed by atoms with E-state index in [1.54, 1.807) is 0 Å². The number of carbonyl (C=O) groups is 3. The van der Waals surface area contributed by atoms with Gasteiger partial charge in [0.25, 0.3) is 0 Å². The van der Waals surface area contributed by atoms with Crippen molar-refractivity contribution < 1.29 is 28.6 Å². The van der Waals surface area contributed by atoms with Crippen molar-refractivity contribution in [3.8, 4) is 0 Å². The van der Waals surface area contributed by atoms with Crippen LogP contribution in [0.5, 0.6) is 0 Å². The van der Waals surface area contributed by atoms with Gasteiger partial charge in [0.05, 0.1) is 0 Å². The molecule has 0 radical (unpaired) electrons. The number of ether oxygens (including phenoxy) is 3. The molecule has 0 saturated heterocycles. The molecule has 0 aromatic heterocycles. The summed E-state index contributed by atoms with van der Waals surface area (Å²) < 4.78 is 16.7. The zero-order chi connectivity index (χ0) is 42.3. The van der Waals surface area contributed by atoms with E-state index in [-0.39, 0.29) is 31.1 Å². The summed E-state index contributed by atoms with van der Waals surface area (Å²) in [6, 6.07) is 0. The molecular formula is C52H94O6. The molecule has 58 heavy (non-hydrogen) atoms. The molecule has 0 aliphatic carbocycles. The van der Waals surface area contributed by atoms with Crippen LogP contribution in [0.1, 0.15) is 258 Å². The smallest absolute Gasteiger partial charge is 0.306 e. The second-order valence-corrected chi connectivity index (χ2v) is 16.7. The number of unbranched alkanes of at least 4 members (excludes halogenated alkanes) is 28. The topological polar surface area (TPSA) is 78.9 Å². The molecule has 0 aromatic rings. The normalized spacial score (nSPS) is 12.3. The summed E-state index contributed by atoms with van der Waals surface area (Å²) in [5.74, 6) is -0.904. The first-order valence-corrected chi connectivity index (χ1v) is 25.0. The zero-order valence-electron chi connectivity index (χ0n) is 38.6. The van der Waals surface area contributed by atoms with Gasteiger partial charge in [0.1, 0.15) is 13.2 Å². The van der Waals surface area contributed by atoms with Crippen LogP contribution in [-0.4, -0.2) is 37.2 Å². The van der Waals surface area contributed by atoms with Gasteiger partial charge in [-0.15, -0.1) is 0 Å². The lowest BCUT2D eigenvalue weighted by Crippen LogP contribution is -2.30. The van der Waals surface area contributed by atoms with E-state index >= 15 is 0 Å². The van der Waals surface area contributed by atoms with E-state index in [1.807, 2.05) is 0 Å². The Hall–Kier alpha value is -2.37. The molecule has 0 amide bonds. The molecule has 0 heterocycles. The summed E-state index contributed by atoms with van der Waals surface area (Å²) in [7, 11) is 0. The van der Waals surface area contributed by atoms with Crippen molar-refractivity contribution in [2.45, 2.75) is 264 Å². The molecule has 0 aromatic carbocycles. The van der Waals surface area contributed by atoms with Crippen molar-refractivity contribution in [2.75, 3.05) is 13.2 Å². The van der Waals surface area contributed by atoms with Gasteiger partial charge in [-0.2, -0.15) is 0 Å². The van der Waals surface area contributed by atoms with Crippen molar-refractivity contribution in [1.82, 2.24) is 0 Å². The van der Waals surface area contributed by atoms with E-state index in [0.29, 0.717) is 19.3 Å². The van der Waals surface area contributed by atoms with Gasteiger partial charge < -0.3 is 14.2 Å². The monoisotopic (exact) mass is 815 g/mol. The van der Waals surface area contributed by atoms with E-state index in [2.05, 4.69) is 57.2 Å². The number of carbonyl (C=O) groups excluding carboxylic acids is 3. The highest BCUT2D eigenvalue weighted by Crippen LogP contribution is 2.14. The quantitative estimate of drug-likeness (QED) is 0.0264. The molecular weight excluding hydrogens is 721 g/mol. The second-order valence-electron chi connectivity index (χ2n) is 16.7. The fraction of sp³-hybridized carbons (Fsp3) is 0.827. The Morgan fingerprint density at radius 3 is 0.914 bits per heavy atom. The van der Waals surface area contributed by atoms with E-state index in [1.165, 1.54) is 135 Å². The number of esters is 3. The van der Waals surface area contributed by atoms with Crippen LogP contribution in [-0.2, 0) is 28.6 Å². The summed E-state index contributed by atoms with van der Waals surface area (Å²) in [5.41, 5.74) is 0. The molecule has 338 valence electrons. The maximum atomic E-state index is 12.7. The van der Waals surface area contributed by atoms with Gasteiger partial charge in [0.2, 0.25) is 0 Å². The van der Waals surface area contributed by atoms with Crippen LogP contribution >= 0.6 is 0 Å². The molecule has 1 unspecified atom stereocenters. The first kappa shape index (κ1) is 55.6. The Balaban J connectivity index is 4.32. The lowest BCUT2D eigenvalue weighted by Gasteiger charge is -2.18. The Bertz CT molecular complexity index is 984. The van der Waals surface area contributed by atoms with Crippen molar-refractivity contribution >= 4 is 17.9 Å². The van der Waals surface area contributed by atoms with Crippen LogP contribution in [0.2, 0.25) is 0 Å². The van der Waals surface area contributed by atoms with Crippen LogP contribution in [0.25, 0.3) is 0 Å². The fourth-order valence-electron chi connectivity index (χ4n) is 6.99. The minimum Gasteiger partial charge on any atom is -0.462 e. The summed E-state index contributed by atoms with van der Waals surface area (Å²) in [6.07, 6.45) is 54.2. The third-order valence-corrected chi connectivity index (χ3v) is 10.8. The minimum absolute atomic E-state index is 0.0814. The predicted molar refractivity (Wildman–Crippen MR) is 247 cm³/mol. The number of hydrogen-bond acceptors (Lipinski definition) is 6. The van der Waals surface area contributed by atoms with E-state index < -0.39 is 6.10 Å². The van der Waals surface area contributed by atoms with Crippen LogP contribution in [0.15, 0.2) is 36.5 Å². The zero-order valence-corrected chi connectivity index (χ0v) is 38.6. The fourth-order valence-corrected chi connectivity index (χ4v) is 6.99. The molecule has 0 aliphatic rings. The summed E-state index contributed by atoms with van der Waals surface area (Å²) in [4.78, 5) is 37.8. The average molecular weight is 815 g/mol. The van der Waals surface area contributed by atoms with E-state index in [0.717, 1.165) is 83.5 Å². The second kappa shape index (κ2) is 47.3. The number of allylic oxidation sites excluding steroid dienone is 6. The highest BCUT2D eigenvalue weighted by Gasteiger charge is 2.19. The molecule has 0 aliphatic heterocycles. The van der Waals surface area contributed by atoms with Crippen LogP contribution in [0.4, 0.5) is 0 Å². The minimum atomic E-state index is -0.779. The van der Waals surface area contributed by atoms with Gasteiger partial charge in [-0.3, -0.25) is 14.4 Å².